The average molecular weight is 2000 g/mol. The molecule has 5 fully saturated rings. The number of rotatable bonds is 27. The Kier molecular flexibility index (Phi) is 33.2. The summed E-state index contributed by atoms with van der Waals surface area (Å²) in [7, 11) is 1.49. The van der Waals surface area contributed by atoms with Crippen LogP contribution in [0.5, 0.6) is 0 Å². The van der Waals surface area contributed by atoms with Gasteiger partial charge in [-0.1, -0.05) is 121 Å². The second-order valence-electron chi connectivity index (χ2n) is 35.2. The highest BCUT2D eigenvalue weighted by Gasteiger charge is 2.51. The quantitative estimate of drug-likeness (QED) is 0.0100. The number of anilines is 4. The molecule has 42 heteroatoms. The molecule has 12 aromatic rings. The molecule has 0 bridgehead atoms. The van der Waals surface area contributed by atoms with Gasteiger partial charge in [0, 0.05) is 190 Å². The summed E-state index contributed by atoms with van der Waals surface area (Å²) in [6.45, 7) is 10.6. The van der Waals surface area contributed by atoms with Gasteiger partial charge in [0.2, 0.25) is 17.7 Å². The molecule has 0 saturated carbocycles. The number of carbonyl (C=O) groups is 20. The maximum absolute atomic E-state index is 13.3. The molecule has 0 radical (unpaired) electrons. The Hall–Kier alpha value is -18.2. The molecule has 0 spiro atoms. The average Bonchev–Trinajstić information content (AvgIpc) is 1.63. The number of aliphatic carboxylic acids is 4. The number of hydrogen-bond donors (Lipinski definition) is 13. The van der Waals surface area contributed by atoms with Crippen LogP contribution in [-0.4, -0.2) is 325 Å². The van der Waals surface area contributed by atoms with Crippen molar-refractivity contribution in [1.29, 1.82) is 0 Å². The second-order valence-corrected chi connectivity index (χ2v) is 35.2. The normalized spacial score (nSPS) is 17.1. The van der Waals surface area contributed by atoms with E-state index in [1.54, 1.807) is 217 Å². The summed E-state index contributed by atoms with van der Waals surface area (Å²) >= 11 is 0. The van der Waals surface area contributed by atoms with Gasteiger partial charge in [0.25, 0.3) is 76.3 Å². The Morgan fingerprint density at radius 3 is 0.918 bits per heavy atom. The highest BCUT2D eigenvalue weighted by atomic mass is 16.6. The monoisotopic (exact) mass is 2000 g/mol. The van der Waals surface area contributed by atoms with E-state index in [1.165, 1.54) is 51.4 Å². The molecule has 758 valence electrons. The Balaban J connectivity index is 0.000000155. The van der Waals surface area contributed by atoms with Crippen LogP contribution in [0.1, 0.15) is 130 Å². The summed E-state index contributed by atoms with van der Waals surface area (Å²) < 4.78 is 4.87. The van der Waals surface area contributed by atoms with Crippen LogP contribution in [0.15, 0.2) is 231 Å². The summed E-state index contributed by atoms with van der Waals surface area (Å²) in [6, 6.07) is 52.8. The van der Waals surface area contributed by atoms with E-state index >= 15 is 0 Å². The first-order chi connectivity index (χ1) is 70.5. The predicted octanol–water partition coefficient (Wildman–Crippen LogP) is 8.07. The lowest BCUT2D eigenvalue weighted by Crippen LogP contribution is -2.56. The molecule has 5 saturated heterocycles. The molecule has 147 heavy (non-hydrogen) atoms. The van der Waals surface area contributed by atoms with Crippen LogP contribution in [0.4, 0.5) is 22.7 Å². The standard InChI is InChI=1S/C27H29N5O6.C26H24N4O7.C26H26N4O6.C26H24N4O6/c1-16-15-31(26(37)17-7-4-3-5-8-17)11-12-32(16)27(38)24(35)19-14-29-23-18(19)9-6-10-20(23)30-25(36)21(28-2)13-22(33)34;1-14-13-29(24(33)15-6-3-2-4-7-15)10-11-30(14)25(34)20(31)17-12-27-19-16(17)8-5-9-18(19)28-23(32)21-22(37-21)26(35)36;2*1-16-15-29(25(35)17-6-3-2-4-7-17)12-13-30(16)26(36)24(34)19-14-27-23-18(19)8-5-9-20(23)28-21(31)10-11-22(32)33/h3-10,14,16,21,28-29H,11-13,15H2,1-2H3,(H,30,36)(H,33,34);2-9,12,14,21-22,27H,10-11,13H2,1H3,(H,28,32)(H,35,36);2-9,14,16,27H,10-13,15H2,1H3,(H,28,31)(H,32,33);2-11,14,16,27H,12-13,15H2,1H3,(H,28,31)(H,32,33)/b;;;11-10+/t16-,21?;14-,21?,22?;2*16-/m1111/s1. The maximum atomic E-state index is 13.3. The molecule has 0 aliphatic carbocycles. The number of amides is 12. The first kappa shape index (κ1) is 105. The number of Topliss-reactive ketones (excluding diaryl/α,β-unsaturated/α-hetero) is 4. The minimum Gasteiger partial charge on any atom is -0.481 e. The third-order valence-corrected chi connectivity index (χ3v) is 25.4. The number of fused-ring (bicyclic) bond motifs is 4. The number of H-pyrrole nitrogens is 4. The van der Waals surface area contributed by atoms with Crippen molar-refractivity contribution in [3.05, 3.63) is 276 Å². The number of nitrogens with one attached hydrogen (secondary N) is 9. The molecule has 5 aliphatic rings. The highest BCUT2D eigenvalue weighted by molar-refractivity contribution is 6.47. The number of ketones is 4. The number of piperazine rings is 4. The molecule has 8 aromatic carbocycles. The zero-order valence-corrected chi connectivity index (χ0v) is 80.0. The van der Waals surface area contributed by atoms with Crippen molar-refractivity contribution in [2.45, 2.75) is 89.4 Å². The lowest BCUT2D eigenvalue weighted by atomic mass is 10.1. The van der Waals surface area contributed by atoms with E-state index < -0.39 is 119 Å². The van der Waals surface area contributed by atoms with Gasteiger partial charge in [-0.15, -0.1) is 0 Å². The fraction of sp³-hybridized carbons (Fsp3) is 0.257. The minimum absolute atomic E-state index is 0.115. The summed E-state index contributed by atoms with van der Waals surface area (Å²) in [4.78, 5) is 273. The molecular formula is C105H103N17O25. The number of benzene rings is 8. The van der Waals surface area contributed by atoms with Crippen LogP contribution >= 0.6 is 0 Å². The molecule has 13 N–H and O–H groups in total. The summed E-state index contributed by atoms with van der Waals surface area (Å²) in [6.07, 6.45) is 4.12. The van der Waals surface area contributed by atoms with Crippen molar-refractivity contribution < 1.29 is 121 Å². The van der Waals surface area contributed by atoms with E-state index in [0.29, 0.717) is 147 Å². The molecular weight excluding hydrogens is 1900 g/mol. The molecule has 12 amide bonds. The van der Waals surface area contributed by atoms with Gasteiger partial charge < -0.3 is 111 Å². The summed E-state index contributed by atoms with van der Waals surface area (Å²) in [5.41, 5.74) is 6.07. The molecule has 17 rings (SSSR count). The van der Waals surface area contributed by atoms with Crippen LogP contribution in [0, 0.1) is 0 Å². The van der Waals surface area contributed by atoms with Gasteiger partial charge in [0.1, 0.15) is 0 Å². The number of epoxide rings is 1. The third kappa shape index (κ3) is 24.4. The van der Waals surface area contributed by atoms with Crippen molar-refractivity contribution in [1.82, 2.24) is 64.5 Å². The number of hydrogen-bond acceptors (Lipinski definition) is 22. The van der Waals surface area contributed by atoms with Gasteiger partial charge in [-0.25, -0.2) is 9.59 Å². The topological polar surface area (TPSA) is 584 Å². The van der Waals surface area contributed by atoms with Crippen LogP contribution in [0.25, 0.3) is 43.6 Å². The van der Waals surface area contributed by atoms with E-state index in [4.69, 9.17) is 25.2 Å². The van der Waals surface area contributed by atoms with Crippen molar-refractivity contribution in [2.75, 3.05) is 107 Å². The van der Waals surface area contributed by atoms with Crippen molar-refractivity contribution >= 4 is 184 Å². The molecule has 7 atom stereocenters. The van der Waals surface area contributed by atoms with Crippen LogP contribution in [0.2, 0.25) is 0 Å². The lowest BCUT2D eigenvalue weighted by Gasteiger charge is -2.39. The zero-order chi connectivity index (χ0) is 105. The molecule has 3 unspecified atom stereocenters. The number of carboxylic acids is 4. The number of carboxylic acid groups (broad SMARTS) is 4. The largest absolute Gasteiger partial charge is 0.481 e. The van der Waals surface area contributed by atoms with E-state index in [2.05, 4.69) is 46.5 Å². The number of aromatic nitrogens is 4. The predicted molar refractivity (Wildman–Crippen MR) is 534 cm³/mol. The Morgan fingerprint density at radius 1 is 0.347 bits per heavy atom. The Morgan fingerprint density at radius 2 is 0.646 bits per heavy atom. The van der Waals surface area contributed by atoms with Crippen molar-refractivity contribution in [3.8, 4) is 0 Å². The van der Waals surface area contributed by atoms with Gasteiger partial charge in [0.15, 0.2) is 12.2 Å². The summed E-state index contributed by atoms with van der Waals surface area (Å²) in [5, 5.41) is 50.3. The van der Waals surface area contributed by atoms with E-state index in [1.807, 2.05) is 24.3 Å². The number of likely N-dealkylation sites (N-methyl/N-ethyl adjacent to an activating group) is 1. The lowest BCUT2D eigenvalue weighted by molar-refractivity contribution is -0.139. The van der Waals surface area contributed by atoms with Crippen molar-refractivity contribution in [2.24, 2.45) is 0 Å². The van der Waals surface area contributed by atoms with Gasteiger partial charge in [-0.2, -0.15) is 0 Å². The Bertz CT molecular complexity index is 7200. The van der Waals surface area contributed by atoms with Gasteiger partial charge in [-0.3, -0.25) is 86.3 Å². The smallest absolute Gasteiger partial charge is 0.336 e. The van der Waals surface area contributed by atoms with E-state index in [9.17, 15) is 95.9 Å². The van der Waals surface area contributed by atoms with E-state index in [-0.39, 0.29) is 109 Å². The van der Waals surface area contributed by atoms with Gasteiger partial charge >= 0.3 is 23.9 Å². The number of aromatic amines is 4. The molecule has 4 aromatic heterocycles. The fourth-order valence-corrected chi connectivity index (χ4v) is 17.8. The molecule has 9 heterocycles. The second kappa shape index (κ2) is 46.7. The van der Waals surface area contributed by atoms with Gasteiger partial charge in [-0.05, 0) is 108 Å². The van der Waals surface area contributed by atoms with Crippen LogP contribution in [-0.2, 0) is 62.3 Å². The number of carbonyl (C=O) groups excluding carboxylic acids is 16. The summed E-state index contributed by atoms with van der Waals surface area (Å²) in [5.74, 6) is -12.9. The van der Waals surface area contributed by atoms with E-state index in [0.717, 1.165) is 6.08 Å². The SMILES string of the molecule is CNC(CC(=O)O)C(=O)Nc1cccc2c(C(=O)C(=O)N3CCN(C(=O)c4ccccc4)C[C@H]3C)c[nH]c12.C[C@@H]1CN(C(=O)c2ccccc2)CCN1C(=O)C(=O)c1c[nH]c2c(NC(=O)/C=C/C(=O)O)cccc12.C[C@@H]1CN(C(=O)c2ccccc2)CCN1C(=O)C(=O)c1c[nH]c2c(NC(=O)C3OC3C(=O)O)cccc12.C[C@@H]1CN(C(=O)c2ccccc2)CCN1C(=O)C(=O)c1c[nH]c2c(NC(=O)CCC(=O)O)cccc12. The number of nitrogens with zero attached hydrogens (tertiary/aromatic N) is 8. The maximum Gasteiger partial charge on any atom is 0.336 e. The number of para-hydroxylation sites is 4. The first-order valence-corrected chi connectivity index (χ1v) is 46.8. The van der Waals surface area contributed by atoms with Crippen molar-refractivity contribution in [3.63, 3.8) is 0 Å². The minimum atomic E-state index is -1.26. The van der Waals surface area contributed by atoms with Crippen LogP contribution < -0.4 is 26.6 Å². The third-order valence-electron chi connectivity index (χ3n) is 25.4. The zero-order valence-electron chi connectivity index (χ0n) is 80.0. The fourth-order valence-electron chi connectivity index (χ4n) is 17.8. The molecule has 42 nitrogen and oxygen atoms in total. The van der Waals surface area contributed by atoms with Gasteiger partial charge in [0.05, 0.1) is 86.0 Å². The molecule has 5 aliphatic heterocycles. The Labute approximate surface area is 837 Å². The first-order valence-electron chi connectivity index (χ1n) is 46.8. The van der Waals surface area contributed by atoms with Crippen LogP contribution in [0.3, 0.4) is 0 Å². The number of ether oxygens (including phenoxy) is 1. The highest BCUT2D eigenvalue weighted by Crippen LogP contribution is 2.34.